The number of hydrogen-bond acceptors (Lipinski definition) is 5. The van der Waals surface area contributed by atoms with Gasteiger partial charge in [-0.2, -0.15) is 4.57 Å². The fourth-order valence-electron chi connectivity index (χ4n) is 2.38. The maximum Gasteiger partial charge on any atom is 0.443 e. The zero-order chi connectivity index (χ0) is 16.4. The quantitative estimate of drug-likeness (QED) is 0.546. The Balaban J connectivity index is 2.41. The first-order valence-corrected chi connectivity index (χ1v) is 7.02. The molecule has 0 aliphatic rings. The van der Waals surface area contributed by atoms with Crippen LogP contribution in [0.25, 0.3) is 16.6 Å². The molecule has 7 heteroatoms. The number of para-hydroxylation sites is 3. The monoisotopic (exact) mass is 311 g/mol. The Bertz CT molecular complexity index is 949. The molecule has 0 aliphatic carbocycles. The van der Waals surface area contributed by atoms with Gasteiger partial charge in [-0.25, -0.2) is 4.79 Å². The van der Waals surface area contributed by atoms with E-state index in [1.165, 1.54) is 0 Å². The molecule has 1 heterocycles. The van der Waals surface area contributed by atoms with Crippen molar-refractivity contribution in [3.63, 3.8) is 0 Å². The van der Waals surface area contributed by atoms with Crippen molar-refractivity contribution in [2.24, 2.45) is 0 Å². The van der Waals surface area contributed by atoms with Gasteiger partial charge in [-0.05, 0) is 36.1 Å². The number of nitrogens with zero attached hydrogens (tertiary/aromatic N) is 3. The van der Waals surface area contributed by atoms with Gasteiger partial charge in [0.2, 0.25) is 0 Å². The van der Waals surface area contributed by atoms with E-state index in [1.807, 2.05) is 0 Å². The highest BCUT2D eigenvalue weighted by Gasteiger charge is 2.24. The number of hydrogen-bond donors (Lipinski definition) is 0. The van der Waals surface area contributed by atoms with Gasteiger partial charge in [-0.15, -0.1) is 0 Å². The molecule has 0 radical (unpaired) electrons. The van der Waals surface area contributed by atoms with E-state index in [0.717, 1.165) is 4.57 Å². The molecule has 1 aromatic heterocycles. The van der Waals surface area contributed by atoms with Crippen LogP contribution in [-0.4, -0.2) is 21.1 Å². The smallest absolute Gasteiger partial charge is 0.443 e. The van der Waals surface area contributed by atoms with Crippen LogP contribution in [0.15, 0.2) is 53.3 Å². The van der Waals surface area contributed by atoms with Crippen molar-refractivity contribution in [2.75, 3.05) is 6.61 Å². The van der Waals surface area contributed by atoms with Gasteiger partial charge in [0, 0.05) is 0 Å². The summed E-state index contributed by atoms with van der Waals surface area (Å²) in [5, 5.41) is 11.7. The van der Waals surface area contributed by atoms with E-state index in [0.29, 0.717) is 23.4 Å². The Morgan fingerprint density at radius 1 is 1.17 bits per heavy atom. The van der Waals surface area contributed by atoms with Crippen molar-refractivity contribution >= 4 is 16.9 Å². The number of rotatable bonds is 4. The van der Waals surface area contributed by atoms with Crippen molar-refractivity contribution in [3.05, 3.63) is 69.0 Å². The lowest BCUT2D eigenvalue weighted by Gasteiger charge is -2.10. The molecule has 0 aliphatic heterocycles. The normalized spacial score (nSPS) is 10.7. The molecule has 3 aromatic rings. The topological polar surface area (TPSA) is 87.3 Å². The Kier molecular flexibility index (Phi) is 3.76. The minimum absolute atomic E-state index is 0.286. The van der Waals surface area contributed by atoms with Crippen molar-refractivity contribution in [1.82, 2.24) is 9.55 Å². The molecular weight excluding hydrogens is 298 g/mol. The molecule has 0 unspecified atom stereocenters. The van der Waals surface area contributed by atoms with Gasteiger partial charge in [0.25, 0.3) is 0 Å². The zero-order valence-electron chi connectivity index (χ0n) is 12.3. The third-order valence-electron chi connectivity index (χ3n) is 3.33. The maximum atomic E-state index is 12.8. The van der Waals surface area contributed by atoms with Crippen LogP contribution in [-0.2, 0) is 0 Å². The first-order valence-electron chi connectivity index (χ1n) is 7.02. The lowest BCUT2D eigenvalue weighted by atomic mass is 10.2. The predicted molar refractivity (Wildman–Crippen MR) is 85.2 cm³/mol. The largest absolute Gasteiger partial charge is 0.490 e. The predicted octanol–water partition coefficient (Wildman–Crippen LogP) is 2.69. The minimum Gasteiger partial charge on any atom is -0.490 e. The number of nitro groups is 1. The number of benzene rings is 2. The standard InChI is InChI=1S/C16H13N3O4/c1-2-23-14-10-6-5-9-13(14)18-15(20)11-7-3-4-8-12(11)17-16(18)19(21)22/h3-10H,2H2,1H3. The Morgan fingerprint density at radius 3 is 2.61 bits per heavy atom. The highest BCUT2D eigenvalue weighted by molar-refractivity contribution is 5.78. The molecule has 23 heavy (non-hydrogen) atoms. The first kappa shape index (κ1) is 14.7. The molecule has 0 N–H and O–H groups in total. The molecule has 0 bridgehead atoms. The van der Waals surface area contributed by atoms with Crippen LogP contribution in [0.2, 0.25) is 0 Å². The summed E-state index contributed by atoms with van der Waals surface area (Å²) < 4.78 is 6.46. The summed E-state index contributed by atoms with van der Waals surface area (Å²) >= 11 is 0. The fourth-order valence-corrected chi connectivity index (χ4v) is 2.38. The molecular formula is C16H13N3O4. The van der Waals surface area contributed by atoms with Gasteiger partial charge in [0.1, 0.15) is 0 Å². The summed E-state index contributed by atoms with van der Waals surface area (Å²) in [5.74, 6) is -0.155. The van der Waals surface area contributed by atoms with Crippen LogP contribution in [0.3, 0.4) is 0 Å². The molecule has 0 saturated carbocycles. The molecule has 116 valence electrons. The van der Waals surface area contributed by atoms with E-state index >= 15 is 0 Å². The maximum absolute atomic E-state index is 12.8. The highest BCUT2D eigenvalue weighted by atomic mass is 16.6. The lowest BCUT2D eigenvalue weighted by molar-refractivity contribution is -0.396. The van der Waals surface area contributed by atoms with E-state index in [4.69, 9.17) is 4.74 Å². The molecule has 0 fully saturated rings. The summed E-state index contributed by atoms with van der Waals surface area (Å²) in [6.45, 7) is 2.17. The second-order valence-electron chi connectivity index (χ2n) is 4.73. The van der Waals surface area contributed by atoms with Crippen molar-refractivity contribution in [1.29, 1.82) is 0 Å². The van der Waals surface area contributed by atoms with Gasteiger partial charge >= 0.3 is 11.5 Å². The summed E-state index contributed by atoms with van der Waals surface area (Å²) in [6.07, 6.45) is 0. The second-order valence-corrected chi connectivity index (χ2v) is 4.73. The highest BCUT2D eigenvalue weighted by Crippen LogP contribution is 2.25. The van der Waals surface area contributed by atoms with Crippen LogP contribution in [0.4, 0.5) is 5.95 Å². The van der Waals surface area contributed by atoms with Gasteiger partial charge in [-0.1, -0.05) is 29.2 Å². The number of ether oxygens (including phenoxy) is 1. The van der Waals surface area contributed by atoms with Crippen LogP contribution in [0.1, 0.15) is 6.92 Å². The lowest BCUT2D eigenvalue weighted by Crippen LogP contribution is -2.23. The molecule has 3 rings (SSSR count). The van der Waals surface area contributed by atoms with E-state index in [2.05, 4.69) is 4.98 Å². The van der Waals surface area contributed by atoms with Gasteiger partial charge in [-0.3, -0.25) is 0 Å². The van der Waals surface area contributed by atoms with Crippen molar-refractivity contribution in [3.8, 4) is 11.4 Å². The SMILES string of the molecule is CCOc1ccccc1-n1c([N+](=O)[O-])nc2ccccc2c1=O. The van der Waals surface area contributed by atoms with Gasteiger partial charge < -0.3 is 14.9 Å². The van der Waals surface area contributed by atoms with Crippen molar-refractivity contribution < 1.29 is 9.66 Å². The molecule has 2 aromatic carbocycles. The number of fused-ring (bicyclic) bond motifs is 1. The average Bonchev–Trinajstić information content (AvgIpc) is 2.56. The van der Waals surface area contributed by atoms with E-state index < -0.39 is 16.4 Å². The van der Waals surface area contributed by atoms with Crippen LogP contribution < -0.4 is 10.3 Å². The van der Waals surface area contributed by atoms with Gasteiger partial charge in [0.15, 0.2) is 17.0 Å². The Morgan fingerprint density at radius 2 is 1.87 bits per heavy atom. The Hall–Kier alpha value is -3.22. The summed E-state index contributed by atoms with van der Waals surface area (Å²) in [6, 6.07) is 13.2. The molecule has 0 spiro atoms. The fraction of sp³-hybridized carbons (Fsp3) is 0.125. The van der Waals surface area contributed by atoms with E-state index in [9.17, 15) is 14.9 Å². The average molecular weight is 311 g/mol. The third kappa shape index (κ3) is 2.52. The molecule has 0 atom stereocenters. The second kappa shape index (κ2) is 5.88. The van der Waals surface area contributed by atoms with E-state index in [-0.39, 0.29) is 5.52 Å². The minimum atomic E-state index is -0.670. The molecule has 7 nitrogen and oxygen atoms in total. The van der Waals surface area contributed by atoms with Crippen LogP contribution in [0, 0.1) is 10.1 Å². The van der Waals surface area contributed by atoms with E-state index in [1.54, 1.807) is 55.5 Å². The van der Waals surface area contributed by atoms with Crippen molar-refractivity contribution in [2.45, 2.75) is 6.92 Å². The van der Waals surface area contributed by atoms with Crippen LogP contribution >= 0.6 is 0 Å². The summed E-state index contributed by atoms with van der Waals surface area (Å²) in [5.41, 5.74) is 0.0769. The number of aromatic nitrogens is 2. The molecule has 0 amide bonds. The van der Waals surface area contributed by atoms with Gasteiger partial charge in [0.05, 0.1) is 12.0 Å². The summed E-state index contributed by atoms with van der Waals surface area (Å²) in [4.78, 5) is 27.5. The van der Waals surface area contributed by atoms with Crippen LogP contribution in [0.5, 0.6) is 5.75 Å². The zero-order valence-corrected chi connectivity index (χ0v) is 12.3. The Labute approximate surface area is 130 Å². The first-order chi connectivity index (χ1) is 11.1. The molecule has 0 saturated heterocycles. The third-order valence-corrected chi connectivity index (χ3v) is 3.33. The summed E-state index contributed by atoms with van der Waals surface area (Å²) in [7, 11) is 0.